The summed E-state index contributed by atoms with van der Waals surface area (Å²) in [6.45, 7) is 9.21. The van der Waals surface area contributed by atoms with E-state index in [-0.39, 0.29) is 24.8 Å². The Morgan fingerprint density at radius 1 is 1.14 bits per heavy atom. The highest BCUT2D eigenvalue weighted by molar-refractivity contribution is 5.85. The molecule has 0 amide bonds. The molecule has 22 heavy (non-hydrogen) atoms. The van der Waals surface area contributed by atoms with E-state index in [1.54, 1.807) is 0 Å². The first-order chi connectivity index (χ1) is 9.79. The van der Waals surface area contributed by atoms with Gasteiger partial charge in [-0.15, -0.1) is 24.8 Å². The number of aromatic amines is 1. The largest absolute Gasteiger partial charge is 0.361 e. The Bertz CT molecular complexity index is 564. The van der Waals surface area contributed by atoms with E-state index in [0.29, 0.717) is 12.0 Å². The minimum Gasteiger partial charge on any atom is -0.361 e. The molecule has 1 aromatic heterocycles. The van der Waals surface area contributed by atoms with Gasteiger partial charge < -0.3 is 10.3 Å². The molecular weight excluding hydrogens is 317 g/mol. The predicted molar refractivity (Wildman–Crippen MR) is 99.4 cm³/mol. The molecule has 0 spiro atoms. The Morgan fingerprint density at radius 3 is 2.55 bits per heavy atom. The first-order valence-electron chi connectivity index (χ1n) is 7.81. The molecule has 0 bridgehead atoms. The lowest BCUT2D eigenvalue weighted by molar-refractivity contribution is 0.128. The Morgan fingerprint density at radius 2 is 1.86 bits per heavy atom. The van der Waals surface area contributed by atoms with Crippen LogP contribution in [0.3, 0.4) is 0 Å². The normalized spacial score (nSPS) is 18.3. The first-order valence-corrected chi connectivity index (χ1v) is 7.81. The number of rotatable bonds is 4. The van der Waals surface area contributed by atoms with E-state index in [2.05, 4.69) is 53.3 Å². The van der Waals surface area contributed by atoms with Gasteiger partial charge >= 0.3 is 0 Å². The molecule has 2 heterocycles. The van der Waals surface area contributed by atoms with Crippen LogP contribution >= 0.6 is 24.8 Å². The third-order valence-electron chi connectivity index (χ3n) is 4.65. The third-order valence-corrected chi connectivity index (χ3v) is 4.65. The van der Waals surface area contributed by atoms with Crippen molar-refractivity contribution in [1.82, 2.24) is 15.2 Å². The van der Waals surface area contributed by atoms with E-state index in [1.807, 2.05) is 6.20 Å². The number of benzene rings is 1. The molecule has 1 aliphatic heterocycles. The topological polar surface area (TPSA) is 31.1 Å². The van der Waals surface area contributed by atoms with Gasteiger partial charge in [-0.05, 0) is 35.1 Å². The fourth-order valence-corrected chi connectivity index (χ4v) is 3.34. The second-order valence-corrected chi connectivity index (χ2v) is 5.94. The van der Waals surface area contributed by atoms with Crippen LogP contribution in [0.5, 0.6) is 0 Å². The zero-order valence-corrected chi connectivity index (χ0v) is 15.0. The highest BCUT2D eigenvalue weighted by atomic mass is 35.5. The second-order valence-electron chi connectivity index (χ2n) is 5.94. The predicted octanol–water partition coefficient (Wildman–Crippen LogP) is 4.00. The monoisotopic (exact) mass is 343 g/mol. The van der Waals surface area contributed by atoms with E-state index >= 15 is 0 Å². The van der Waals surface area contributed by atoms with Crippen LogP contribution in [0.1, 0.15) is 31.9 Å². The summed E-state index contributed by atoms with van der Waals surface area (Å²) in [5.41, 5.74) is 2.70. The molecular formula is C17H27Cl2N3. The lowest BCUT2D eigenvalue weighted by Gasteiger charge is -2.38. The van der Waals surface area contributed by atoms with Gasteiger partial charge in [0.2, 0.25) is 0 Å². The van der Waals surface area contributed by atoms with Gasteiger partial charge in [-0.3, -0.25) is 4.90 Å². The van der Waals surface area contributed by atoms with E-state index in [1.165, 1.54) is 22.9 Å². The molecule has 1 fully saturated rings. The summed E-state index contributed by atoms with van der Waals surface area (Å²) < 4.78 is 0. The van der Waals surface area contributed by atoms with Crippen LogP contribution in [-0.2, 0) is 0 Å². The standard InChI is InChI=1S/C17H25N3.2ClH/c1-3-13(2)17(20-10-8-18-9-11-20)15-4-5-16-14(12-15)6-7-19-16;;/h4-7,12-13,17-19H,3,8-11H2,1-2H3;2*1H/t13?,17-;;/m1../s1. The summed E-state index contributed by atoms with van der Waals surface area (Å²) in [5.74, 6) is 0.685. The van der Waals surface area contributed by atoms with Crippen molar-refractivity contribution in [1.29, 1.82) is 0 Å². The minimum atomic E-state index is 0. The molecule has 3 nitrogen and oxygen atoms in total. The smallest absolute Gasteiger partial charge is 0.0454 e. The molecule has 2 aromatic rings. The molecule has 124 valence electrons. The number of fused-ring (bicyclic) bond motifs is 1. The van der Waals surface area contributed by atoms with E-state index in [0.717, 1.165) is 26.2 Å². The maximum absolute atomic E-state index is 3.46. The summed E-state index contributed by atoms with van der Waals surface area (Å²) in [5, 5.41) is 4.78. The second kappa shape index (κ2) is 8.78. The third kappa shape index (κ3) is 3.96. The number of H-pyrrole nitrogens is 1. The SMILES string of the molecule is CCC(C)[C@H](c1ccc2[nH]ccc2c1)N1CCNCC1.Cl.Cl. The number of hydrogen-bond donors (Lipinski definition) is 2. The molecule has 1 saturated heterocycles. The zero-order valence-electron chi connectivity index (χ0n) is 13.3. The average molecular weight is 344 g/mol. The molecule has 3 rings (SSSR count). The number of nitrogens with zero attached hydrogens (tertiary/aromatic N) is 1. The van der Waals surface area contributed by atoms with Gasteiger partial charge in [0.15, 0.2) is 0 Å². The van der Waals surface area contributed by atoms with Gasteiger partial charge in [-0.25, -0.2) is 0 Å². The molecule has 5 heteroatoms. The molecule has 1 aromatic carbocycles. The number of aromatic nitrogens is 1. The van der Waals surface area contributed by atoms with E-state index < -0.39 is 0 Å². The van der Waals surface area contributed by atoms with E-state index in [9.17, 15) is 0 Å². The lowest BCUT2D eigenvalue weighted by atomic mass is 9.90. The van der Waals surface area contributed by atoms with Crippen molar-refractivity contribution >= 4 is 35.7 Å². The summed E-state index contributed by atoms with van der Waals surface area (Å²) in [7, 11) is 0. The van der Waals surface area contributed by atoms with Gasteiger partial charge in [-0.1, -0.05) is 26.3 Å². The number of halogens is 2. The van der Waals surface area contributed by atoms with Crippen molar-refractivity contribution in [3.8, 4) is 0 Å². The van der Waals surface area contributed by atoms with Gasteiger partial charge in [0, 0.05) is 43.9 Å². The zero-order chi connectivity index (χ0) is 13.9. The quantitative estimate of drug-likeness (QED) is 0.878. The minimum absolute atomic E-state index is 0. The molecule has 0 aliphatic carbocycles. The molecule has 1 unspecified atom stereocenters. The molecule has 2 atom stereocenters. The van der Waals surface area contributed by atoms with Gasteiger partial charge in [0.25, 0.3) is 0 Å². The fourth-order valence-electron chi connectivity index (χ4n) is 3.34. The van der Waals surface area contributed by atoms with Crippen LogP contribution in [-0.4, -0.2) is 36.1 Å². The Balaban J connectivity index is 0.00000121. The van der Waals surface area contributed by atoms with Crippen molar-refractivity contribution in [3.05, 3.63) is 36.0 Å². The highest BCUT2D eigenvalue weighted by Gasteiger charge is 2.26. The summed E-state index contributed by atoms with van der Waals surface area (Å²) >= 11 is 0. The van der Waals surface area contributed by atoms with Crippen molar-refractivity contribution < 1.29 is 0 Å². The molecule has 0 radical (unpaired) electrons. The summed E-state index contributed by atoms with van der Waals surface area (Å²) in [4.78, 5) is 5.94. The maximum Gasteiger partial charge on any atom is 0.0454 e. The molecule has 2 N–H and O–H groups in total. The van der Waals surface area contributed by atoms with Gasteiger partial charge in [-0.2, -0.15) is 0 Å². The average Bonchev–Trinajstić information content (AvgIpc) is 2.96. The Kier molecular flexibility index (Phi) is 7.70. The van der Waals surface area contributed by atoms with Crippen LogP contribution in [0.15, 0.2) is 30.5 Å². The first kappa shape index (κ1) is 19.3. The van der Waals surface area contributed by atoms with Crippen molar-refractivity contribution in [3.63, 3.8) is 0 Å². The Hall–Kier alpha value is -0.740. The van der Waals surface area contributed by atoms with Crippen molar-refractivity contribution in [2.24, 2.45) is 5.92 Å². The van der Waals surface area contributed by atoms with Crippen LogP contribution in [0.2, 0.25) is 0 Å². The molecule has 0 saturated carbocycles. The van der Waals surface area contributed by atoms with Crippen molar-refractivity contribution in [2.75, 3.05) is 26.2 Å². The summed E-state index contributed by atoms with van der Waals surface area (Å²) in [6, 6.07) is 9.61. The van der Waals surface area contributed by atoms with Crippen LogP contribution in [0.4, 0.5) is 0 Å². The molecule has 1 aliphatic rings. The number of piperazine rings is 1. The van der Waals surface area contributed by atoms with Gasteiger partial charge in [0.1, 0.15) is 0 Å². The maximum atomic E-state index is 3.46. The van der Waals surface area contributed by atoms with Crippen molar-refractivity contribution in [2.45, 2.75) is 26.3 Å². The Labute approximate surface area is 145 Å². The van der Waals surface area contributed by atoms with Crippen LogP contribution in [0, 0.1) is 5.92 Å². The van der Waals surface area contributed by atoms with Crippen LogP contribution < -0.4 is 5.32 Å². The number of hydrogen-bond acceptors (Lipinski definition) is 2. The highest BCUT2D eigenvalue weighted by Crippen LogP contribution is 2.32. The van der Waals surface area contributed by atoms with E-state index in [4.69, 9.17) is 0 Å². The fraction of sp³-hybridized carbons (Fsp3) is 0.529. The van der Waals surface area contributed by atoms with Crippen LogP contribution in [0.25, 0.3) is 10.9 Å². The van der Waals surface area contributed by atoms with Gasteiger partial charge in [0.05, 0.1) is 0 Å². The number of nitrogens with one attached hydrogen (secondary N) is 2. The summed E-state index contributed by atoms with van der Waals surface area (Å²) in [6.07, 6.45) is 3.25. The lowest BCUT2D eigenvalue weighted by Crippen LogP contribution is -2.46.